The molecule has 0 radical (unpaired) electrons. The maximum Gasteiger partial charge on any atom is 0.306 e. The van der Waals surface area contributed by atoms with Crippen LogP contribution in [0.4, 0.5) is 0 Å². The highest BCUT2D eigenvalue weighted by Crippen LogP contribution is 2.17. The quantitative estimate of drug-likeness (QED) is 0.0261. The summed E-state index contributed by atoms with van der Waals surface area (Å²) in [6.07, 6.45) is 92.8. The standard InChI is InChI=1S/C75H130O6/c1-4-7-10-13-16-19-22-25-28-31-33-35-37-38-39-41-42-44-47-50-53-56-59-62-65-68-74(77)80-71-72(70-79-73(76)67-64-61-58-55-52-49-46-30-27-24-21-18-15-12-9-6-3)81-75(78)69-66-63-60-57-54-51-48-45-43-40-36-34-32-29-26-23-20-17-14-11-8-5-2/h7,10,16,19,25,28,30,33,35,38-39,42,44,46,50,53,72H,4-6,8-9,11-15,17-18,20-24,26-27,29,31-32,34,36-37,40-41,43,45,47-49,51-52,54-71H2,1-3H3/b10-7-,19-16-,28-25-,35-33-,39-38-,44-42-,46-30-,53-50-. The van der Waals surface area contributed by atoms with Gasteiger partial charge in [0.1, 0.15) is 13.2 Å². The fourth-order valence-electron chi connectivity index (χ4n) is 9.89. The average molecular weight is 1130 g/mol. The summed E-state index contributed by atoms with van der Waals surface area (Å²) in [7, 11) is 0. The molecule has 0 N–H and O–H groups in total. The first-order valence-electron chi connectivity index (χ1n) is 34.7. The molecule has 0 bridgehead atoms. The van der Waals surface area contributed by atoms with Gasteiger partial charge in [0.25, 0.3) is 0 Å². The van der Waals surface area contributed by atoms with Gasteiger partial charge in [-0.05, 0) is 103 Å². The molecule has 0 saturated heterocycles. The van der Waals surface area contributed by atoms with Crippen LogP contribution in [0.15, 0.2) is 97.2 Å². The second-order valence-electron chi connectivity index (χ2n) is 23.1. The number of rotatable bonds is 63. The van der Waals surface area contributed by atoms with Gasteiger partial charge in [-0.25, -0.2) is 0 Å². The Balaban J connectivity index is 4.42. The van der Waals surface area contributed by atoms with E-state index in [2.05, 4.69) is 118 Å². The zero-order valence-corrected chi connectivity index (χ0v) is 53.5. The van der Waals surface area contributed by atoms with Gasteiger partial charge in [0.2, 0.25) is 0 Å². The molecule has 0 saturated carbocycles. The first-order valence-corrected chi connectivity index (χ1v) is 34.7. The van der Waals surface area contributed by atoms with E-state index in [1.165, 1.54) is 186 Å². The molecule has 0 aromatic rings. The van der Waals surface area contributed by atoms with Crippen LogP contribution in [0.25, 0.3) is 0 Å². The molecule has 0 aromatic heterocycles. The number of carbonyl (C=O) groups excluding carboxylic acids is 3. The van der Waals surface area contributed by atoms with Crippen molar-refractivity contribution >= 4 is 17.9 Å². The molecule has 6 nitrogen and oxygen atoms in total. The SMILES string of the molecule is CC/C=C\C/C=C\C/C=C\C/C=C\C/C=C\C/C=C\C/C=C\CCCCCC(=O)OCC(COC(=O)CCCCCCC/C=C\CCCCCCCCC)OC(=O)CCCCCCCCCCCCCCCCCCCCCCCC. The van der Waals surface area contributed by atoms with E-state index in [-0.39, 0.29) is 31.1 Å². The van der Waals surface area contributed by atoms with Gasteiger partial charge in [0.05, 0.1) is 0 Å². The third-order valence-electron chi connectivity index (χ3n) is 15.1. The summed E-state index contributed by atoms with van der Waals surface area (Å²) in [4.78, 5) is 38.4. The average Bonchev–Trinajstić information content (AvgIpc) is 3.47. The molecule has 0 amide bonds. The molecular weight excluding hydrogens is 997 g/mol. The lowest BCUT2D eigenvalue weighted by Crippen LogP contribution is -2.30. The van der Waals surface area contributed by atoms with E-state index in [4.69, 9.17) is 14.2 Å². The number of esters is 3. The fraction of sp³-hybridized carbons (Fsp3) is 0.747. The highest BCUT2D eigenvalue weighted by Gasteiger charge is 2.19. The van der Waals surface area contributed by atoms with Crippen LogP contribution < -0.4 is 0 Å². The summed E-state index contributed by atoms with van der Waals surface area (Å²) >= 11 is 0. The molecule has 466 valence electrons. The van der Waals surface area contributed by atoms with Crippen LogP contribution >= 0.6 is 0 Å². The lowest BCUT2D eigenvalue weighted by Gasteiger charge is -2.18. The van der Waals surface area contributed by atoms with Crippen molar-refractivity contribution in [2.24, 2.45) is 0 Å². The van der Waals surface area contributed by atoms with Crippen LogP contribution in [0.3, 0.4) is 0 Å². The summed E-state index contributed by atoms with van der Waals surface area (Å²) in [5, 5.41) is 0. The summed E-state index contributed by atoms with van der Waals surface area (Å²) in [5.74, 6) is -0.915. The van der Waals surface area contributed by atoms with Gasteiger partial charge < -0.3 is 14.2 Å². The van der Waals surface area contributed by atoms with Crippen molar-refractivity contribution in [3.05, 3.63) is 97.2 Å². The van der Waals surface area contributed by atoms with Crippen molar-refractivity contribution in [3.8, 4) is 0 Å². The summed E-state index contributed by atoms with van der Waals surface area (Å²) in [5.41, 5.74) is 0. The summed E-state index contributed by atoms with van der Waals surface area (Å²) in [6, 6.07) is 0. The fourth-order valence-corrected chi connectivity index (χ4v) is 9.89. The smallest absolute Gasteiger partial charge is 0.306 e. The van der Waals surface area contributed by atoms with E-state index in [1.807, 2.05) is 0 Å². The molecule has 0 aliphatic carbocycles. The van der Waals surface area contributed by atoms with Gasteiger partial charge in [-0.1, -0.05) is 317 Å². The lowest BCUT2D eigenvalue weighted by atomic mass is 10.0. The number of carbonyl (C=O) groups is 3. The van der Waals surface area contributed by atoms with Crippen LogP contribution in [0.1, 0.15) is 342 Å². The highest BCUT2D eigenvalue weighted by molar-refractivity contribution is 5.71. The number of unbranched alkanes of at least 4 members (excludes halogenated alkanes) is 36. The Bertz CT molecular complexity index is 1580. The number of ether oxygens (including phenoxy) is 3. The number of allylic oxidation sites excluding steroid dienone is 16. The van der Waals surface area contributed by atoms with Gasteiger partial charge >= 0.3 is 17.9 Å². The monoisotopic (exact) mass is 1130 g/mol. The Hall–Kier alpha value is -3.67. The molecule has 0 rings (SSSR count). The topological polar surface area (TPSA) is 78.9 Å². The minimum absolute atomic E-state index is 0.0900. The minimum Gasteiger partial charge on any atom is -0.462 e. The predicted molar refractivity (Wildman–Crippen MR) is 353 cm³/mol. The first kappa shape index (κ1) is 77.3. The largest absolute Gasteiger partial charge is 0.462 e. The zero-order chi connectivity index (χ0) is 58.5. The van der Waals surface area contributed by atoms with Crippen molar-refractivity contribution in [3.63, 3.8) is 0 Å². The molecule has 0 heterocycles. The zero-order valence-electron chi connectivity index (χ0n) is 53.5. The van der Waals surface area contributed by atoms with Crippen LogP contribution in [-0.4, -0.2) is 37.2 Å². The Morgan fingerprint density at radius 1 is 0.259 bits per heavy atom. The molecule has 6 heteroatoms. The molecule has 0 spiro atoms. The summed E-state index contributed by atoms with van der Waals surface area (Å²) < 4.78 is 17.0. The van der Waals surface area contributed by atoms with E-state index in [9.17, 15) is 14.4 Å². The third kappa shape index (κ3) is 67.0. The highest BCUT2D eigenvalue weighted by atomic mass is 16.6. The number of hydrogen-bond acceptors (Lipinski definition) is 6. The molecule has 1 atom stereocenters. The first-order chi connectivity index (χ1) is 40.0. The van der Waals surface area contributed by atoms with Crippen LogP contribution in [0.2, 0.25) is 0 Å². The van der Waals surface area contributed by atoms with Crippen molar-refractivity contribution in [2.45, 2.75) is 348 Å². The molecule has 0 aromatic carbocycles. The van der Waals surface area contributed by atoms with Crippen LogP contribution in [-0.2, 0) is 28.6 Å². The Labute approximate surface area is 502 Å². The Morgan fingerprint density at radius 3 is 0.778 bits per heavy atom. The second-order valence-corrected chi connectivity index (χ2v) is 23.1. The van der Waals surface area contributed by atoms with Gasteiger partial charge in [0, 0.05) is 19.3 Å². The van der Waals surface area contributed by atoms with Crippen molar-refractivity contribution in [1.82, 2.24) is 0 Å². The van der Waals surface area contributed by atoms with E-state index >= 15 is 0 Å². The van der Waals surface area contributed by atoms with Crippen LogP contribution in [0, 0.1) is 0 Å². The third-order valence-corrected chi connectivity index (χ3v) is 15.1. The van der Waals surface area contributed by atoms with E-state index in [0.717, 1.165) is 116 Å². The van der Waals surface area contributed by atoms with Crippen LogP contribution in [0.5, 0.6) is 0 Å². The Kier molecular flexibility index (Phi) is 65.7. The van der Waals surface area contributed by atoms with Gasteiger partial charge in [-0.15, -0.1) is 0 Å². The molecular formula is C75H130O6. The number of hydrogen-bond donors (Lipinski definition) is 0. The Morgan fingerprint density at radius 2 is 0.481 bits per heavy atom. The van der Waals surface area contributed by atoms with Crippen molar-refractivity contribution in [1.29, 1.82) is 0 Å². The molecule has 1 unspecified atom stereocenters. The molecule has 0 fully saturated rings. The summed E-state index contributed by atoms with van der Waals surface area (Å²) in [6.45, 7) is 6.54. The predicted octanol–water partition coefficient (Wildman–Crippen LogP) is 24.0. The second kappa shape index (κ2) is 68.8. The maximum atomic E-state index is 13.0. The van der Waals surface area contributed by atoms with Gasteiger partial charge in [-0.3, -0.25) is 14.4 Å². The van der Waals surface area contributed by atoms with E-state index in [1.54, 1.807) is 0 Å². The maximum absolute atomic E-state index is 13.0. The molecule has 0 aliphatic rings. The van der Waals surface area contributed by atoms with Crippen molar-refractivity contribution in [2.75, 3.05) is 13.2 Å². The molecule has 81 heavy (non-hydrogen) atoms. The van der Waals surface area contributed by atoms with E-state index in [0.29, 0.717) is 19.3 Å². The minimum atomic E-state index is -0.796. The van der Waals surface area contributed by atoms with E-state index < -0.39 is 6.10 Å². The van der Waals surface area contributed by atoms with Gasteiger partial charge in [-0.2, -0.15) is 0 Å². The normalized spacial score (nSPS) is 12.7. The van der Waals surface area contributed by atoms with Crippen molar-refractivity contribution < 1.29 is 28.6 Å². The molecule has 0 aliphatic heterocycles. The lowest BCUT2D eigenvalue weighted by molar-refractivity contribution is -0.167. The van der Waals surface area contributed by atoms with Gasteiger partial charge in [0.15, 0.2) is 6.10 Å².